The van der Waals surface area contributed by atoms with Crippen LogP contribution in [0.1, 0.15) is 49.8 Å². The molecule has 0 spiro atoms. The second-order valence-corrected chi connectivity index (χ2v) is 6.26. The summed E-state index contributed by atoms with van der Waals surface area (Å²) < 4.78 is 0. The molecule has 94 valence electrons. The average Bonchev–Trinajstić information content (AvgIpc) is 2.13. The molecule has 0 aliphatic heterocycles. The standard InChI is InChI=1S/C16H24O/c1-11-5-12(2)8-15(7-11)16(17)9-13(3)6-14(4)10-16/h5,7-8,13-14,17H,6,9-10H2,1-4H3. The number of aryl methyl sites for hydroxylation is 2. The Labute approximate surface area is 105 Å². The molecule has 17 heavy (non-hydrogen) atoms. The van der Waals surface area contributed by atoms with Gasteiger partial charge < -0.3 is 5.11 Å². The first-order chi connectivity index (χ1) is 7.89. The Morgan fingerprint density at radius 1 is 1.00 bits per heavy atom. The van der Waals surface area contributed by atoms with Crippen molar-refractivity contribution in [2.24, 2.45) is 11.8 Å². The molecule has 2 atom stereocenters. The van der Waals surface area contributed by atoms with E-state index in [1.807, 2.05) is 0 Å². The number of hydrogen-bond acceptors (Lipinski definition) is 1. The molecule has 2 rings (SSSR count). The molecule has 1 nitrogen and oxygen atoms in total. The minimum Gasteiger partial charge on any atom is -0.385 e. The molecule has 0 bridgehead atoms. The molecule has 1 N–H and O–H groups in total. The van der Waals surface area contributed by atoms with Gasteiger partial charge in [-0.1, -0.05) is 43.2 Å². The van der Waals surface area contributed by atoms with Crippen molar-refractivity contribution in [2.45, 2.75) is 52.6 Å². The molecular weight excluding hydrogens is 208 g/mol. The van der Waals surface area contributed by atoms with Crippen LogP contribution in [0, 0.1) is 25.7 Å². The van der Waals surface area contributed by atoms with Crippen LogP contribution in [0.2, 0.25) is 0 Å². The van der Waals surface area contributed by atoms with E-state index in [2.05, 4.69) is 45.9 Å². The fraction of sp³-hybridized carbons (Fsp3) is 0.625. The Balaban J connectivity index is 2.36. The molecule has 2 unspecified atom stereocenters. The predicted molar refractivity (Wildman–Crippen MR) is 72.0 cm³/mol. The zero-order chi connectivity index (χ0) is 12.6. The van der Waals surface area contributed by atoms with Gasteiger partial charge in [0.05, 0.1) is 5.60 Å². The van der Waals surface area contributed by atoms with Gasteiger partial charge in [0.1, 0.15) is 0 Å². The summed E-state index contributed by atoms with van der Waals surface area (Å²) in [4.78, 5) is 0. The Morgan fingerprint density at radius 2 is 1.47 bits per heavy atom. The predicted octanol–water partition coefficient (Wildman–Crippen LogP) is 3.95. The Bertz CT molecular complexity index is 378. The molecule has 1 fully saturated rings. The summed E-state index contributed by atoms with van der Waals surface area (Å²) in [6.07, 6.45) is 3.05. The Hall–Kier alpha value is -0.820. The third-order valence-electron chi connectivity index (χ3n) is 3.94. The quantitative estimate of drug-likeness (QED) is 0.777. The second kappa shape index (κ2) is 4.45. The van der Waals surface area contributed by atoms with Gasteiger partial charge in [0.2, 0.25) is 0 Å². The monoisotopic (exact) mass is 232 g/mol. The highest BCUT2D eigenvalue weighted by Crippen LogP contribution is 2.42. The molecule has 0 saturated heterocycles. The molecule has 1 aliphatic rings. The molecule has 0 amide bonds. The summed E-state index contributed by atoms with van der Waals surface area (Å²) in [6, 6.07) is 6.47. The van der Waals surface area contributed by atoms with Crippen LogP contribution in [0.25, 0.3) is 0 Å². The van der Waals surface area contributed by atoms with Crippen molar-refractivity contribution in [1.82, 2.24) is 0 Å². The molecule has 1 aromatic carbocycles. The lowest BCUT2D eigenvalue weighted by Gasteiger charge is -2.39. The van der Waals surface area contributed by atoms with Crippen molar-refractivity contribution >= 4 is 0 Å². The van der Waals surface area contributed by atoms with Gasteiger partial charge in [0.15, 0.2) is 0 Å². The van der Waals surface area contributed by atoms with Crippen molar-refractivity contribution in [3.8, 4) is 0 Å². The molecule has 1 aromatic rings. The fourth-order valence-corrected chi connectivity index (χ4v) is 3.57. The lowest BCUT2D eigenvalue weighted by atomic mass is 9.70. The largest absolute Gasteiger partial charge is 0.385 e. The first kappa shape index (κ1) is 12.6. The van der Waals surface area contributed by atoms with Crippen molar-refractivity contribution in [3.05, 3.63) is 34.9 Å². The first-order valence-corrected chi connectivity index (χ1v) is 6.70. The molecule has 1 aliphatic carbocycles. The van der Waals surface area contributed by atoms with Crippen LogP contribution in [-0.2, 0) is 5.60 Å². The van der Waals surface area contributed by atoms with E-state index in [-0.39, 0.29) is 0 Å². The Kier molecular flexibility index (Phi) is 3.31. The maximum atomic E-state index is 10.9. The van der Waals surface area contributed by atoms with Crippen LogP contribution >= 0.6 is 0 Å². The van der Waals surface area contributed by atoms with Gasteiger partial charge >= 0.3 is 0 Å². The number of benzene rings is 1. The first-order valence-electron chi connectivity index (χ1n) is 6.70. The van der Waals surface area contributed by atoms with Crippen LogP contribution in [0.5, 0.6) is 0 Å². The molecular formula is C16H24O. The Morgan fingerprint density at radius 3 is 1.94 bits per heavy atom. The maximum Gasteiger partial charge on any atom is 0.0901 e. The van der Waals surface area contributed by atoms with Crippen LogP contribution in [0.15, 0.2) is 18.2 Å². The molecule has 0 aromatic heterocycles. The number of rotatable bonds is 1. The van der Waals surface area contributed by atoms with E-state index in [0.29, 0.717) is 11.8 Å². The van der Waals surface area contributed by atoms with Crippen molar-refractivity contribution in [1.29, 1.82) is 0 Å². The molecule has 0 heterocycles. The normalized spacial score (nSPS) is 33.7. The summed E-state index contributed by atoms with van der Waals surface area (Å²) in [5, 5.41) is 10.9. The third-order valence-corrected chi connectivity index (χ3v) is 3.94. The van der Waals surface area contributed by atoms with E-state index < -0.39 is 5.60 Å². The van der Waals surface area contributed by atoms with Crippen LogP contribution in [-0.4, -0.2) is 5.11 Å². The van der Waals surface area contributed by atoms with E-state index in [9.17, 15) is 5.11 Å². The highest BCUT2D eigenvalue weighted by molar-refractivity contribution is 5.33. The summed E-state index contributed by atoms with van der Waals surface area (Å²) >= 11 is 0. The molecule has 1 heteroatoms. The van der Waals surface area contributed by atoms with E-state index in [0.717, 1.165) is 18.4 Å². The maximum absolute atomic E-state index is 10.9. The molecule has 0 radical (unpaired) electrons. The van der Waals surface area contributed by atoms with Gasteiger partial charge in [-0.2, -0.15) is 0 Å². The fourth-order valence-electron chi connectivity index (χ4n) is 3.57. The van der Waals surface area contributed by atoms with Gasteiger partial charge in [0, 0.05) is 0 Å². The van der Waals surface area contributed by atoms with Crippen molar-refractivity contribution in [2.75, 3.05) is 0 Å². The smallest absolute Gasteiger partial charge is 0.0901 e. The SMILES string of the molecule is Cc1cc(C)cc(C2(O)CC(C)CC(C)C2)c1. The van der Waals surface area contributed by atoms with Crippen LogP contribution < -0.4 is 0 Å². The van der Waals surface area contributed by atoms with Gasteiger partial charge in [0.25, 0.3) is 0 Å². The molecule has 1 saturated carbocycles. The highest BCUT2D eigenvalue weighted by atomic mass is 16.3. The summed E-state index contributed by atoms with van der Waals surface area (Å²) in [5.41, 5.74) is 3.01. The van der Waals surface area contributed by atoms with E-state index in [1.165, 1.54) is 17.5 Å². The van der Waals surface area contributed by atoms with Gasteiger partial charge in [-0.3, -0.25) is 0 Å². The topological polar surface area (TPSA) is 20.2 Å². The highest BCUT2D eigenvalue weighted by Gasteiger charge is 2.37. The third kappa shape index (κ3) is 2.71. The lowest BCUT2D eigenvalue weighted by Crippen LogP contribution is -2.35. The van der Waals surface area contributed by atoms with E-state index >= 15 is 0 Å². The van der Waals surface area contributed by atoms with Gasteiger partial charge in [-0.15, -0.1) is 0 Å². The lowest BCUT2D eigenvalue weighted by molar-refractivity contribution is -0.0363. The average molecular weight is 232 g/mol. The second-order valence-electron chi connectivity index (χ2n) is 6.26. The number of aliphatic hydroxyl groups is 1. The van der Waals surface area contributed by atoms with E-state index in [1.54, 1.807) is 0 Å². The van der Waals surface area contributed by atoms with Crippen molar-refractivity contribution < 1.29 is 5.11 Å². The summed E-state index contributed by atoms with van der Waals surface area (Å²) in [6.45, 7) is 8.72. The van der Waals surface area contributed by atoms with Crippen LogP contribution in [0.3, 0.4) is 0 Å². The summed E-state index contributed by atoms with van der Waals surface area (Å²) in [5.74, 6) is 1.23. The van der Waals surface area contributed by atoms with Crippen molar-refractivity contribution in [3.63, 3.8) is 0 Å². The minimum atomic E-state index is -0.603. The summed E-state index contributed by atoms with van der Waals surface area (Å²) in [7, 11) is 0. The zero-order valence-corrected chi connectivity index (χ0v) is 11.5. The van der Waals surface area contributed by atoms with Gasteiger partial charge in [-0.05, 0) is 50.5 Å². The zero-order valence-electron chi connectivity index (χ0n) is 11.5. The number of hydrogen-bond donors (Lipinski definition) is 1. The van der Waals surface area contributed by atoms with Gasteiger partial charge in [-0.25, -0.2) is 0 Å². The van der Waals surface area contributed by atoms with Crippen LogP contribution in [0.4, 0.5) is 0 Å². The minimum absolute atomic E-state index is 0.603. The van der Waals surface area contributed by atoms with E-state index in [4.69, 9.17) is 0 Å².